The van der Waals surface area contributed by atoms with Crippen LogP contribution in [-0.2, 0) is 11.3 Å². The average Bonchev–Trinajstić information content (AvgIpc) is 2.44. The van der Waals surface area contributed by atoms with E-state index < -0.39 is 0 Å². The van der Waals surface area contributed by atoms with Crippen molar-refractivity contribution >= 4 is 23.4 Å². The summed E-state index contributed by atoms with van der Waals surface area (Å²) in [4.78, 5) is 8.69. The van der Waals surface area contributed by atoms with E-state index in [-0.39, 0.29) is 0 Å². The number of nitrogens with one attached hydrogen (secondary N) is 2. The predicted molar refractivity (Wildman–Crippen MR) is 81.3 cm³/mol. The van der Waals surface area contributed by atoms with Crippen molar-refractivity contribution in [2.24, 2.45) is 5.84 Å². The maximum Gasteiger partial charge on any atom is 0.158 e. The summed E-state index contributed by atoms with van der Waals surface area (Å²) in [6, 6.07) is 2.19. The molecule has 0 amide bonds. The van der Waals surface area contributed by atoms with Crippen molar-refractivity contribution in [3.05, 3.63) is 11.9 Å². The fourth-order valence-electron chi connectivity index (χ4n) is 1.57. The lowest BCUT2D eigenvalue weighted by Gasteiger charge is -2.17. The number of hydrazine groups is 1. The zero-order valence-corrected chi connectivity index (χ0v) is 12.6. The summed E-state index contributed by atoms with van der Waals surface area (Å²) in [6.45, 7) is 5.12. The molecule has 108 valence electrons. The van der Waals surface area contributed by atoms with Crippen LogP contribution in [0.2, 0.25) is 0 Å². The number of hydrogen-bond acceptors (Lipinski definition) is 7. The largest absolute Gasteiger partial charge is 0.374 e. The normalized spacial score (nSPS) is 12.2. The van der Waals surface area contributed by atoms with Gasteiger partial charge in [-0.15, -0.1) is 0 Å². The minimum atomic E-state index is 0.385. The van der Waals surface area contributed by atoms with Gasteiger partial charge in [-0.3, -0.25) is 0 Å². The van der Waals surface area contributed by atoms with Crippen molar-refractivity contribution in [2.75, 3.05) is 29.4 Å². The van der Waals surface area contributed by atoms with Crippen LogP contribution >= 0.6 is 11.8 Å². The Morgan fingerprint density at radius 3 is 2.68 bits per heavy atom. The summed E-state index contributed by atoms with van der Waals surface area (Å²) < 4.78 is 5.33. The van der Waals surface area contributed by atoms with Gasteiger partial charge >= 0.3 is 0 Å². The Morgan fingerprint density at radius 1 is 1.37 bits per heavy atom. The summed E-state index contributed by atoms with van der Waals surface area (Å²) >= 11 is 1.81. The second-order valence-corrected chi connectivity index (χ2v) is 4.95. The lowest BCUT2D eigenvalue weighted by molar-refractivity contribution is 0.128. The fourth-order valence-corrected chi connectivity index (χ4v) is 2.30. The first-order valence-corrected chi connectivity index (χ1v) is 7.80. The van der Waals surface area contributed by atoms with Crippen molar-refractivity contribution in [3.8, 4) is 0 Å². The number of nitrogen functional groups attached to an aromatic ring is 1. The number of nitrogens with two attached hydrogens (primary N) is 1. The molecule has 1 rings (SSSR count). The van der Waals surface area contributed by atoms with Gasteiger partial charge < -0.3 is 15.5 Å². The highest BCUT2D eigenvalue weighted by Gasteiger charge is 2.09. The summed E-state index contributed by atoms with van der Waals surface area (Å²) in [6.07, 6.45) is 3.13. The predicted octanol–water partition coefficient (Wildman–Crippen LogP) is 1.85. The molecular weight excluding hydrogens is 262 g/mol. The van der Waals surface area contributed by atoms with E-state index >= 15 is 0 Å². The van der Waals surface area contributed by atoms with Crippen molar-refractivity contribution < 1.29 is 4.74 Å². The van der Waals surface area contributed by atoms with Crippen LogP contribution in [0.4, 0.5) is 11.6 Å². The number of ether oxygens (including phenoxy) is 1. The molecule has 1 heterocycles. The molecule has 0 aliphatic carbocycles. The molecule has 0 radical (unpaired) electrons. The van der Waals surface area contributed by atoms with Crippen LogP contribution in [0.25, 0.3) is 0 Å². The van der Waals surface area contributed by atoms with Gasteiger partial charge in [0, 0.05) is 24.5 Å². The summed E-state index contributed by atoms with van der Waals surface area (Å²) in [5.74, 6) is 8.45. The van der Waals surface area contributed by atoms with E-state index in [0.717, 1.165) is 18.0 Å². The van der Waals surface area contributed by atoms with Gasteiger partial charge in [0.1, 0.15) is 18.2 Å². The maximum absolute atomic E-state index is 5.43. The van der Waals surface area contributed by atoms with Crippen molar-refractivity contribution in [1.82, 2.24) is 9.97 Å². The molecule has 0 aliphatic heterocycles. The van der Waals surface area contributed by atoms with Crippen LogP contribution in [0.15, 0.2) is 6.07 Å². The molecule has 0 aromatic carbocycles. The van der Waals surface area contributed by atoms with E-state index in [0.29, 0.717) is 30.9 Å². The number of rotatable bonds is 9. The molecule has 7 heteroatoms. The molecule has 0 spiro atoms. The maximum atomic E-state index is 5.43. The third kappa shape index (κ3) is 5.63. The first-order valence-electron chi connectivity index (χ1n) is 6.41. The van der Waals surface area contributed by atoms with E-state index in [9.17, 15) is 0 Å². The Kier molecular flexibility index (Phi) is 7.54. The highest BCUT2D eigenvalue weighted by molar-refractivity contribution is 7.98. The van der Waals surface area contributed by atoms with Crippen molar-refractivity contribution in [3.63, 3.8) is 0 Å². The molecule has 0 bridgehead atoms. The van der Waals surface area contributed by atoms with Gasteiger partial charge in [0.2, 0.25) is 0 Å². The van der Waals surface area contributed by atoms with Crippen LogP contribution in [0.3, 0.4) is 0 Å². The molecular formula is C12H23N5OS. The third-order valence-electron chi connectivity index (χ3n) is 2.57. The highest BCUT2D eigenvalue weighted by Crippen LogP contribution is 2.14. The number of anilines is 2. The Hall–Kier alpha value is -1.05. The van der Waals surface area contributed by atoms with Gasteiger partial charge in [-0.05, 0) is 19.6 Å². The molecule has 1 atom stereocenters. The van der Waals surface area contributed by atoms with Gasteiger partial charge in [0.05, 0.1) is 0 Å². The second-order valence-electron chi connectivity index (χ2n) is 4.04. The second kappa shape index (κ2) is 8.95. The number of thioether (sulfide) groups is 1. The molecule has 0 fully saturated rings. The lowest BCUT2D eigenvalue weighted by Crippen LogP contribution is -2.23. The van der Waals surface area contributed by atoms with Crippen molar-refractivity contribution in [2.45, 2.75) is 32.9 Å². The van der Waals surface area contributed by atoms with Crippen molar-refractivity contribution in [1.29, 1.82) is 0 Å². The van der Waals surface area contributed by atoms with E-state index in [4.69, 9.17) is 10.6 Å². The summed E-state index contributed by atoms with van der Waals surface area (Å²) in [5, 5.41) is 3.40. The SMILES string of the molecule is CCOCc1nc(NN)cc(NC(CC)CSC)n1. The van der Waals surface area contributed by atoms with Crippen LogP contribution in [-0.4, -0.2) is 34.6 Å². The van der Waals surface area contributed by atoms with Gasteiger partial charge in [-0.1, -0.05) is 6.92 Å². The molecule has 19 heavy (non-hydrogen) atoms. The van der Waals surface area contributed by atoms with E-state index in [1.54, 1.807) is 6.07 Å². The molecule has 0 saturated heterocycles. The number of aromatic nitrogens is 2. The first-order chi connectivity index (χ1) is 9.23. The number of hydrogen-bond donors (Lipinski definition) is 3. The molecule has 6 nitrogen and oxygen atoms in total. The minimum Gasteiger partial charge on any atom is -0.374 e. The van der Waals surface area contributed by atoms with Crippen LogP contribution in [0, 0.1) is 0 Å². The Labute approximate surface area is 118 Å². The molecule has 1 aromatic heterocycles. The highest BCUT2D eigenvalue weighted by atomic mass is 32.2. The molecule has 0 aliphatic rings. The van der Waals surface area contributed by atoms with E-state index in [2.05, 4.69) is 33.9 Å². The summed E-state index contributed by atoms with van der Waals surface area (Å²) in [7, 11) is 0. The molecule has 1 unspecified atom stereocenters. The van der Waals surface area contributed by atoms with Crippen LogP contribution < -0.4 is 16.6 Å². The van der Waals surface area contributed by atoms with Gasteiger partial charge in [0.15, 0.2) is 5.82 Å². The fraction of sp³-hybridized carbons (Fsp3) is 0.667. The molecule has 1 aromatic rings. The zero-order valence-electron chi connectivity index (χ0n) is 11.8. The first kappa shape index (κ1) is 16.0. The van der Waals surface area contributed by atoms with Gasteiger partial charge in [-0.25, -0.2) is 15.8 Å². The number of nitrogens with zero attached hydrogens (tertiary/aromatic N) is 2. The molecule has 0 saturated carbocycles. The van der Waals surface area contributed by atoms with Gasteiger partial charge in [-0.2, -0.15) is 11.8 Å². The summed E-state index contributed by atoms with van der Waals surface area (Å²) in [5.41, 5.74) is 2.56. The standard InChI is InChI=1S/C12H23N5OS/c1-4-9(8-19-3)14-10-6-11(17-13)16-12(15-10)7-18-5-2/h6,9H,4-5,7-8,13H2,1-3H3,(H2,14,15,16,17). The van der Waals surface area contributed by atoms with Crippen LogP contribution in [0.5, 0.6) is 0 Å². The smallest absolute Gasteiger partial charge is 0.158 e. The topological polar surface area (TPSA) is 85.1 Å². The zero-order chi connectivity index (χ0) is 14.1. The van der Waals surface area contributed by atoms with Gasteiger partial charge in [0.25, 0.3) is 0 Å². The monoisotopic (exact) mass is 285 g/mol. The van der Waals surface area contributed by atoms with E-state index in [1.807, 2.05) is 18.7 Å². The van der Waals surface area contributed by atoms with Crippen LogP contribution in [0.1, 0.15) is 26.1 Å². The lowest BCUT2D eigenvalue weighted by atomic mass is 10.2. The van der Waals surface area contributed by atoms with E-state index in [1.165, 1.54) is 0 Å². The average molecular weight is 285 g/mol. The Bertz CT molecular complexity index is 377. The Balaban J connectivity index is 2.80. The minimum absolute atomic E-state index is 0.385. The molecule has 4 N–H and O–H groups in total. The third-order valence-corrected chi connectivity index (χ3v) is 3.30. The quantitative estimate of drug-likeness (QED) is 0.471. The Morgan fingerprint density at radius 2 is 2.11 bits per heavy atom.